The second-order valence-electron chi connectivity index (χ2n) is 6.74. The Balaban J connectivity index is 1.64. The highest BCUT2D eigenvalue weighted by Gasteiger charge is 2.38. The van der Waals surface area contributed by atoms with Gasteiger partial charge in [0.1, 0.15) is 11.5 Å². The van der Waals surface area contributed by atoms with Gasteiger partial charge in [-0.15, -0.1) is 11.3 Å². The minimum atomic E-state index is -1.16. The van der Waals surface area contributed by atoms with Crippen molar-refractivity contribution in [3.63, 3.8) is 0 Å². The van der Waals surface area contributed by atoms with Gasteiger partial charge in [0.25, 0.3) is 5.91 Å². The summed E-state index contributed by atoms with van der Waals surface area (Å²) in [7, 11) is 1.52. The van der Waals surface area contributed by atoms with Crippen LogP contribution in [0.3, 0.4) is 0 Å². The number of anilines is 1. The predicted octanol–water partition coefficient (Wildman–Crippen LogP) is 2.18. The Bertz CT molecular complexity index is 1110. The molecule has 28 heavy (non-hydrogen) atoms. The molecule has 0 spiro atoms. The van der Waals surface area contributed by atoms with Crippen LogP contribution in [0.1, 0.15) is 29.4 Å². The fourth-order valence-electron chi connectivity index (χ4n) is 3.11. The Kier molecular flexibility index (Phi) is 4.15. The molecule has 0 bridgehead atoms. The molecule has 0 saturated carbocycles. The lowest BCUT2D eigenvalue weighted by Crippen LogP contribution is -2.47. The van der Waals surface area contributed by atoms with Crippen molar-refractivity contribution in [2.75, 3.05) is 12.4 Å². The van der Waals surface area contributed by atoms with Crippen molar-refractivity contribution < 1.29 is 14.0 Å². The number of hydrogen-bond acceptors (Lipinski definition) is 6. The van der Waals surface area contributed by atoms with E-state index in [4.69, 9.17) is 5.73 Å². The van der Waals surface area contributed by atoms with Gasteiger partial charge in [0, 0.05) is 36.1 Å². The summed E-state index contributed by atoms with van der Waals surface area (Å²) >= 11 is 1.41. The minimum absolute atomic E-state index is 0.0191. The molecule has 10 heteroatoms. The van der Waals surface area contributed by atoms with E-state index in [-0.39, 0.29) is 29.5 Å². The lowest BCUT2D eigenvalue weighted by atomic mass is 9.87. The first-order valence-corrected chi connectivity index (χ1v) is 9.30. The Labute approximate surface area is 163 Å². The van der Waals surface area contributed by atoms with Gasteiger partial charge in [-0.3, -0.25) is 18.9 Å². The summed E-state index contributed by atoms with van der Waals surface area (Å²) < 4.78 is 16.3. The normalized spacial score (nSPS) is 19.8. The summed E-state index contributed by atoms with van der Waals surface area (Å²) in [5.41, 5.74) is 5.46. The first kappa shape index (κ1) is 18.1. The van der Waals surface area contributed by atoms with Gasteiger partial charge in [0.05, 0.1) is 12.0 Å². The van der Waals surface area contributed by atoms with Crippen LogP contribution < -0.4 is 11.1 Å². The van der Waals surface area contributed by atoms with Gasteiger partial charge in [-0.25, -0.2) is 14.4 Å². The number of amides is 2. The molecule has 1 atom stereocenters. The van der Waals surface area contributed by atoms with Crippen LogP contribution in [0, 0.1) is 5.82 Å². The van der Waals surface area contributed by atoms with Crippen LogP contribution in [-0.4, -0.2) is 39.1 Å². The molecule has 3 aromatic rings. The number of halogens is 1. The number of aromatic nitrogens is 2. The largest absolute Gasteiger partial charge is 0.369 e. The summed E-state index contributed by atoms with van der Waals surface area (Å²) in [5.74, 6) is -1.19. The van der Waals surface area contributed by atoms with Gasteiger partial charge in [-0.2, -0.15) is 0 Å². The van der Waals surface area contributed by atoms with E-state index in [2.05, 4.69) is 15.3 Å². The van der Waals surface area contributed by atoms with Gasteiger partial charge in [-0.1, -0.05) is 0 Å². The average molecular weight is 400 g/mol. The number of hydrogen-bond donors (Lipinski definition) is 2. The molecule has 4 rings (SSSR count). The zero-order valence-corrected chi connectivity index (χ0v) is 16.0. The first-order valence-electron chi connectivity index (χ1n) is 8.42. The molecule has 1 unspecified atom stereocenters. The highest BCUT2D eigenvalue weighted by molar-refractivity contribution is 7.15. The highest BCUT2D eigenvalue weighted by atomic mass is 32.1. The van der Waals surface area contributed by atoms with Gasteiger partial charge in [-0.05, 0) is 25.1 Å². The molecule has 0 aliphatic carbocycles. The van der Waals surface area contributed by atoms with Crippen LogP contribution in [0.5, 0.6) is 0 Å². The number of aliphatic imine (C=N–C) groups is 1. The molecule has 0 radical (unpaired) electrons. The van der Waals surface area contributed by atoms with E-state index in [1.165, 1.54) is 41.5 Å². The lowest BCUT2D eigenvalue weighted by molar-refractivity contribution is -0.128. The van der Waals surface area contributed by atoms with Crippen LogP contribution >= 0.6 is 11.3 Å². The van der Waals surface area contributed by atoms with E-state index in [0.717, 1.165) is 0 Å². The lowest BCUT2D eigenvalue weighted by Gasteiger charge is -2.34. The Morgan fingerprint density at radius 1 is 1.43 bits per heavy atom. The molecule has 1 aliphatic heterocycles. The van der Waals surface area contributed by atoms with Crippen molar-refractivity contribution in [1.29, 1.82) is 0 Å². The molecule has 3 N–H and O–H groups in total. The minimum Gasteiger partial charge on any atom is -0.369 e. The van der Waals surface area contributed by atoms with Crippen LogP contribution in [0.2, 0.25) is 0 Å². The Morgan fingerprint density at radius 2 is 2.21 bits per heavy atom. The first-order chi connectivity index (χ1) is 13.3. The van der Waals surface area contributed by atoms with E-state index in [1.54, 1.807) is 23.7 Å². The number of nitrogens with two attached hydrogens (primary N) is 1. The third kappa shape index (κ3) is 3.01. The van der Waals surface area contributed by atoms with Crippen LogP contribution in [0.15, 0.2) is 41.0 Å². The van der Waals surface area contributed by atoms with Gasteiger partial charge in [0.15, 0.2) is 10.9 Å². The number of nitrogens with zero attached hydrogens (tertiary/aromatic N) is 4. The summed E-state index contributed by atoms with van der Waals surface area (Å²) in [4.78, 5) is 35.2. The van der Waals surface area contributed by atoms with Crippen LogP contribution in [0.25, 0.3) is 4.96 Å². The van der Waals surface area contributed by atoms with Crippen molar-refractivity contribution in [2.24, 2.45) is 10.7 Å². The van der Waals surface area contributed by atoms with Crippen LogP contribution in [0.4, 0.5) is 10.1 Å². The molecule has 2 amide bonds. The number of nitrogens with one attached hydrogen (secondary N) is 1. The van der Waals surface area contributed by atoms with E-state index >= 15 is 0 Å². The maximum atomic E-state index is 14.5. The second kappa shape index (κ2) is 6.41. The van der Waals surface area contributed by atoms with Crippen molar-refractivity contribution in [1.82, 2.24) is 14.3 Å². The number of guanidine groups is 1. The number of rotatable bonds is 3. The number of imidazole rings is 1. The van der Waals surface area contributed by atoms with Gasteiger partial charge >= 0.3 is 0 Å². The average Bonchev–Trinajstić information content (AvgIpc) is 3.23. The maximum absolute atomic E-state index is 14.5. The fourth-order valence-corrected chi connectivity index (χ4v) is 3.81. The van der Waals surface area contributed by atoms with Crippen molar-refractivity contribution in [2.45, 2.75) is 18.9 Å². The van der Waals surface area contributed by atoms with Crippen molar-refractivity contribution in [3.05, 3.63) is 53.0 Å². The molecular formula is C18H17FN6O2S. The molecule has 0 saturated heterocycles. The number of fused-ring (bicyclic) bond motifs is 1. The summed E-state index contributed by atoms with van der Waals surface area (Å²) in [6, 6.07) is 4.15. The molecular weight excluding hydrogens is 383 g/mol. The van der Waals surface area contributed by atoms with E-state index in [9.17, 15) is 14.0 Å². The quantitative estimate of drug-likeness (QED) is 0.703. The third-order valence-corrected chi connectivity index (χ3v) is 5.48. The van der Waals surface area contributed by atoms with Crippen molar-refractivity contribution >= 4 is 39.8 Å². The fraction of sp³-hybridized carbons (Fsp3) is 0.222. The highest BCUT2D eigenvalue weighted by Crippen LogP contribution is 2.35. The van der Waals surface area contributed by atoms with E-state index < -0.39 is 17.3 Å². The zero-order valence-electron chi connectivity index (χ0n) is 15.1. The molecule has 3 heterocycles. The second-order valence-corrected chi connectivity index (χ2v) is 7.61. The number of thiazole rings is 1. The SMILES string of the molecule is CN1C(=O)CC(C)(c2cc(NC(=O)c3cn4ccsc4n3)ccc2F)N=C1N. The van der Waals surface area contributed by atoms with Gasteiger partial charge in [0.2, 0.25) is 5.91 Å². The Hall–Kier alpha value is -3.27. The van der Waals surface area contributed by atoms with E-state index in [1.807, 2.05) is 5.38 Å². The third-order valence-electron chi connectivity index (χ3n) is 4.70. The molecule has 0 fully saturated rings. The number of benzene rings is 1. The molecule has 144 valence electrons. The molecule has 8 nitrogen and oxygen atoms in total. The topological polar surface area (TPSA) is 105 Å². The summed E-state index contributed by atoms with van der Waals surface area (Å²) in [6.45, 7) is 1.64. The molecule has 2 aromatic heterocycles. The van der Waals surface area contributed by atoms with Crippen molar-refractivity contribution in [3.8, 4) is 0 Å². The summed E-state index contributed by atoms with van der Waals surface area (Å²) in [5, 5.41) is 4.58. The Morgan fingerprint density at radius 3 is 2.93 bits per heavy atom. The summed E-state index contributed by atoms with van der Waals surface area (Å²) in [6.07, 6.45) is 3.39. The number of carbonyl (C=O) groups is 2. The standard InChI is InChI=1S/C18H17FN6O2S/c1-18(8-14(26)24(2)16(20)23-18)11-7-10(3-4-12(11)19)21-15(27)13-9-25-5-6-28-17(25)22-13/h3-7,9H,8H2,1-2H3,(H2,20,23)(H,21,27). The smallest absolute Gasteiger partial charge is 0.275 e. The van der Waals surface area contributed by atoms with Crippen LogP contribution in [-0.2, 0) is 10.3 Å². The molecule has 1 aliphatic rings. The van der Waals surface area contributed by atoms with Gasteiger partial charge < -0.3 is 11.1 Å². The molecule has 1 aromatic carbocycles. The monoisotopic (exact) mass is 400 g/mol. The maximum Gasteiger partial charge on any atom is 0.275 e. The number of carbonyl (C=O) groups excluding carboxylic acids is 2. The predicted molar refractivity (Wildman–Crippen MR) is 104 cm³/mol. The van der Waals surface area contributed by atoms with E-state index in [0.29, 0.717) is 10.6 Å². The zero-order chi connectivity index (χ0) is 20.1.